The van der Waals surface area contributed by atoms with E-state index in [-0.39, 0.29) is 0 Å². The van der Waals surface area contributed by atoms with Crippen LogP contribution in [0.1, 0.15) is 0 Å². The summed E-state index contributed by atoms with van der Waals surface area (Å²) in [5.74, 6) is 0. The van der Waals surface area contributed by atoms with E-state index in [9.17, 15) is 0 Å². The van der Waals surface area contributed by atoms with E-state index >= 15 is 0 Å². The first-order valence-electron chi connectivity index (χ1n) is 6.14. The first-order chi connectivity index (χ1) is 9.24. The highest BCUT2D eigenvalue weighted by molar-refractivity contribution is 6.00. The quantitative estimate of drug-likeness (QED) is 0.606. The molecule has 3 aromatic carbocycles. The summed E-state index contributed by atoms with van der Waals surface area (Å²) >= 11 is 0. The Balaban J connectivity index is 2.06. The Labute approximate surface area is 111 Å². The number of fused-ring (bicyclic) bond motifs is 1. The average Bonchev–Trinajstić information content (AvgIpc) is 2.43. The number of benzene rings is 3. The highest BCUT2D eigenvalue weighted by Crippen LogP contribution is 2.31. The normalized spacial score (nSPS) is 10.5. The maximum absolute atomic E-state index is 6.21. The second-order valence-corrected chi connectivity index (χ2v) is 4.50. The van der Waals surface area contributed by atoms with Gasteiger partial charge in [-0.15, -0.1) is 0 Å². The number of nitrogens with two attached hydrogens (primary N) is 2. The van der Waals surface area contributed by atoms with Crippen LogP contribution in [-0.2, 0) is 0 Å². The summed E-state index contributed by atoms with van der Waals surface area (Å²) in [4.78, 5) is 0. The maximum atomic E-state index is 6.21. The molecule has 0 amide bonds. The third kappa shape index (κ3) is 2.18. The number of para-hydroxylation sites is 1. The Morgan fingerprint density at radius 1 is 0.789 bits per heavy atom. The number of anilines is 4. The smallest absolute Gasteiger partial charge is 0.0633 e. The molecule has 0 spiro atoms. The lowest BCUT2D eigenvalue weighted by atomic mass is 10.1. The maximum Gasteiger partial charge on any atom is 0.0633 e. The van der Waals surface area contributed by atoms with E-state index in [1.54, 1.807) is 0 Å². The van der Waals surface area contributed by atoms with Crippen LogP contribution < -0.4 is 16.8 Å². The van der Waals surface area contributed by atoms with Crippen molar-refractivity contribution in [2.45, 2.75) is 0 Å². The monoisotopic (exact) mass is 249 g/mol. The molecule has 0 fully saturated rings. The second kappa shape index (κ2) is 4.53. The van der Waals surface area contributed by atoms with Crippen LogP contribution in [0.15, 0.2) is 60.7 Å². The van der Waals surface area contributed by atoms with Gasteiger partial charge in [0.25, 0.3) is 0 Å². The van der Waals surface area contributed by atoms with Crippen LogP contribution in [0.3, 0.4) is 0 Å². The zero-order valence-corrected chi connectivity index (χ0v) is 10.4. The number of rotatable bonds is 2. The fourth-order valence-corrected chi connectivity index (χ4v) is 2.16. The minimum absolute atomic E-state index is 0.737. The Morgan fingerprint density at radius 3 is 2.37 bits per heavy atom. The molecule has 0 aliphatic heterocycles. The van der Waals surface area contributed by atoms with Crippen LogP contribution >= 0.6 is 0 Å². The lowest BCUT2D eigenvalue weighted by Crippen LogP contribution is -1.97. The Morgan fingerprint density at radius 2 is 1.58 bits per heavy atom. The number of nitrogens with one attached hydrogen (secondary N) is 1. The van der Waals surface area contributed by atoms with Gasteiger partial charge in [-0.3, -0.25) is 0 Å². The van der Waals surface area contributed by atoms with Crippen molar-refractivity contribution in [1.82, 2.24) is 0 Å². The van der Waals surface area contributed by atoms with Gasteiger partial charge in [-0.25, -0.2) is 0 Å². The predicted octanol–water partition coefficient (Wildman–Crippen LogP) is 3.75. The highest BCUT2D eigenvalue weighted by atomic mass is 14.9. The third-order valence-corrected chi connectivity index (χ3v) is 3.14. The minimum atomic E-state index is 0.737. The fourth-order valence-electron chi connectivity index (χ4n) is 2.16. The summed E-state index contributed by atoms with van der Waals surface area (Å²) in [5, 5.41) is 5.38. The van der Waals surface area contributed by atoms with Gasteiger partial charge in [-0.05, 0) is 35.7 Å². The molecule has 3 heteroatoms. The standard InChI is InChI=1S/C16H15N3/c17-12-7-8-14-11(10-12)6-9-15(16(14)18)19-13-4-2-1-3-5-13/h1-10,19H,17-18H2. The Bertz CT molecular complexity index is 721. The van der Waals surface area contributed by atoms with E-state index in [0.717, 1.165) is 33.5 Å². The van der Waals surface area contributed by atoms with E-state index in [1.807, 2.05) is 60.7 Å². The summed E-state index contributed by atoms with van der Waals surface area (Å²) in [6.45, 7) is 0. The van der Waals surface area contributed by atoms with Gasteiger partial charge in [0.1, 0.15) is 0 Å². The van der Waals surface area contributed by atoms with Gasteiger partial charge in [0.15, 0.2) is 0 Å². The molecule has 3 rings (SSSR count). The Hall–Kier alpha value is -2.68. The van der Waals surface area contributed by atoms with Gasteiger partial charge in [-0.1, -0.05) is 30.3 Å². The molecule has 0 aliphatic carbocycles. The van der Waals surface area contributed by atoms with Gasteiger partial charge < -0.3 is 16.8 Å². The van der Waals surface area contributed by atoms with Crippen molar-refractivity contribution in [3.8, 4) is 0 Å². The van der Waals surface area contributed by atoms with Gasteiger partial charge in [-0.2, -0.15) is 0 Å². The molecule has 0 radical (unpaired) electrons. The van der Waals surface area contributed by atoms with Crippen molar-refractivity contribution in [3.05, 3.63) is 60.7 Å². The van der Waals surface area contributed by atoms with Crippen molar-refractivity contribution in [1.29, 1.82) is 0 Å². The van der Waals surface area contributed by atoms with Gasteiger partial charge >= 0.3 is 0 Å². The van der Waals surface area contributed by atoms with Crippen molar-refractivity contribution in [2.75, 3.05) is 16.8 Å². The third-order valence-electron chi connectivity index (χ3n) is 3.14. The number of nitrogen functional groups attached to an aromatic ring is 2. The van der Waals surface area contributed by atoms with E-state index in [4.69, 9.17) is 11.5 Å². The molecule has 0 aliphatic rings. The lowest BCUT2D eigenvalue weighted by Gasteiger charge is -2.12. The van der Waals surface area contributed by atoms with Gasteiger partial charge in [0.2, 0.25) is 0 Å². The van der Waals surface area contributed by atoms with Crippen molar-refractivity contribution in [2.24, 2.45) is 0 Å². The van der Waals surface area contributed by atoms with Crippen molar-refractivity contribution >= 4 is 33.5 Å². The zero-order valence-electron chi connectivity index (χ0n) is 10.4. The van der Waals surface area contributed by atoms with Gasteiger partial charge in [0, 0.05) is 16.8 Å². The molecule has 94 valence electrons. The second-order valence-electron chi connectivity index (χ2n) is 4.50. The zero-order chi connectivity index (χ0) is 13.2. The van der Waals surface area contributed by atoms with Crippen LogP contribution in [-0.4, -0.2) is 0 Å². The molecule has 3 aromatic rings. The van der Waals surface area contributed by atoms with E-state index < -0.39 is 0 Å². The van der Waals surface area contributed by atoms with Crippen LogP contribution in [0.2, 0.25) is 0 Å². The topological polar surface area (TPSA) is 64.1 Å². The number of hydrogen-bond donors (Lipinski definition) is 3. The molecule has 0 atom stereocenters. The molecule has 0 saturated carbocycles. The van der Waals surface area contributed by atoms with E-state index in [1.165, 1.54) is 0 Å². The molecular formula is C16H15N3. The summed E-state index contributed by atoms with van der Waals surface area (Å²) < 4.78 is 0. The summed E-state index contributed by atoms with van der Waals surface area (Å²) in [5.41, 5.74) is 15.4. The minimum Gasteiger partial charge on any atom is -0.399 e. The largest absolute Gasteiger partial charge is 0.399 e. The lowest BCUT2D eigenvalue weighted by molar-refractivity contribution is 1.56. The predicted molar refractivity (Wildman–Crippen MR) is 82.5 cm³/mol. The SMILES string of the molecule is Nc1ccc2c(N)c(Nc3ccccc3)ccc2c1. The average molecular weight is 249 g/mol. The molecule has 0 unspecified atom stereocenters. The number of hydrogen-bond acceptors (Lipinski definition) is 3. The molecule has 5 N–H and O–H groups in total. The molecular weight excluding hydrogens is 234 g/mol. The summed E-state index contributed by atoms with van der Waals surface area (Å²) in [6, 6.07) is 19.7. The van der Waals surface area contributed by atoms with E-state index in [2.05, 4.69) is 5.32 Å². The van der Waals surface area contributed by atoms with Crippen molar-refractivity contribution < 1.29 is 0 Å². The highest BCUT2D eigenvalue weighted by Gasteiger charge is 2.04. The first-order valence-corrected chi connectivity index (χ1v) is 6.14. The van der Waals surface area contributed by atoms with Crippen molar-refractivity contribution in [3.63, 3.8) is 0 Å². The first kappa shape index (κ1) is 11.4. The summed E-state index contributed by atoms with van der Waals surface area (Å²) in [6.07, 6.45) is 0. The van der Waals surface area contributed by atoms with Crippen LogP contribution in [0, 0.1) is 0 Å². The van der Waals surface area contributed by atoms with E-state index in [0.29, 0.717) is 0 Å². The van der Waals surface area contributed by atoms with Crippen LogP contribution in [0.25, 0.3) is 10.8 Å². The molecule has 0 heterocycles. The van der Waals surface area contributed by atoms with Crippen LogP contribution in [0.5, 0.6) is 0 Å². The Kier molecular flexibility index (Phi) is 2.72. The molecule has 19 heavy (non-hydrogen) atoms. The molecule has 3 nitrogen and oxygen atoms in total. The molecule has 0 bridgehead atoms. The fraction of sp³-hybridized carbons (Fsp3) is 0. The van der Waals surface area contributed by atoms with Gasteiger partial charge in [0.05, 0.1) is 11.4 Å². The van der Waals surface area contributed by atoms with Crippen LogP contribution in [0.4, 0.5) is 22.7 Å². The molecule has 0 saturated heterocycles. The molecule has 0 aromatic heterocycles. The summed E-state index contributed by atoms with van der Waals surface area (Å²) in [7, 11) is 0.